The number of carboxylic acids is 1. The Hall–Kier alpha value is -2.14. The van der Waals surface area contributed by atoms with E-state index < -0.39 is 12.0 Å². The lowest BCUT2D eigenvalue weighted by molar-refractivity contribution is -0.144. The summed E-state index contributed by atoms with van der Waals surface area (Å²) in [5, 5.41) is 11.8. The van der Waals surface area contributed by atoms with Crippen LogP contribution in [0.25, 0.3) is 0 Å². The first kappa shape index (κ1) is 18.9. The van der Waals surface area contributed by atoms with Crippen LogP contribution in [0.3, 0.4) is 0 Å². The maximum absolute atomic E-state index is 12.5. The summed E-state index contributed by atoms with van der Waals surface area (Å²) in [6.07, 6.45) is 2.11. The Balaban J connectivity index is 2.71. The van der Waals surface area contributed by atoms with Gasteiger partial charge in [-0.05, 0) is 17.9 Å². The minimum Gasteiger partial charge on any atom is -0.480 e. The monoisotopic (exact) mass is 319 g/mol. The molecule has 126 valence electrons. The summed E-state index contributed by atoms with van der Waals surface area (Å²) in [6, 6.07) is 8.64. The molecule has 0 aromatic heterocycles. The number of ether oxygens (including phenoxy) is 1. The molecular weight excluding hydrogens is 294 g/mol. The number of rotatable bonds is 10. The molecule has 2 unspecified atom stereocenters. The highest BCUT2D eigenvalue weighted by atomic mass is 16.5. The number of nitrogens with one attached hydrogen (secondary N) is 1. The third-order valence-electron chi connectivity index (χ3n) is 3.57. The van der Waals surface area contributed by atoms with Crippen molar-refractivity contribution in [3.63, 3.8) is 0 Å². The predicted octanol–water partition coefficient (Wildman–Crippen LogP) is 2.27. The van der Waals surface area contributed by atoms with Crippen molar-refractivity contribution < 1.29 is 19.4 Å². The number of benzene rings is 1. The zero-order valence-corrected chi connectivity index (χ0v) is 13.7. The van der Waals surface area contributed by atoms with Gasteiger partial charge in [-0.2, -0.15) is 0 Å². The van der Waals surface area contributed by atoms with E-state index in [1.807, 2.05) is 44.2 Å². The lowest BCUT2D eigenvalue weighted by Gasteiger charge is -2.23. The second kappa shape index (κ2) is 9.79. The number of carbonyl (C=O) groups is 2. The van der Waals surface area contributed by atoms with Crippen LogP contribution in [0.2, 0.25) is 0 Å². The number of hydrogen-bond acceptors (Lipinski definition) is 3. The van der Waals surface area contributed by atoms with E-state index in [9.17, 15) is 14.7 Å². The van der Waals surface area contributed by atoms with Gasteiger partial charge in [0, 0.05) is 5.92 Å². The summed E-state index contributed by atoms with van der Waals surface area (Å²) >= 11 is 0. The van der Waals surface area contributed by atoms with Crippen LogP contribution < -0.4 is 5.32 Å². The SMILES string of the molecule is C=CCOCC(NC(=O)C(Cc1ccccc1)C(C)C)C(=O)O. The van der Waals surface area contributed by atoms with Crippen molar-refractivity contribution in [1.82, 2.24) is 5.32 Å². The molecule has 0 radical (unpaired) electrons. The molecule has 0 aliphatic heterocycles. The van der Waals surface area contributed by atoms with Gasteiger partial charge in [-0.15, -0.1) is 6.58 Å². The number of carboxylic acid groups (broad SMARTS) is 1. The Morgan fingerprint density at radius 2 is 1.96 bits per heavy atom. The van der Waals surface area contributed by atoms with Crippen molar-refractivity contribution in [3.8, 4) is 0 Å². The van der Waals surface area contributed by atoms with Gasteiger partial charge in [0.15, 0.2) is 6.04 Å². The molecule has 1 aromatic rings. The standard InChI is InChI=1S/C18H25NO4/c1-4-10-23-12-16(18(21)22)19-17(20)15(13(2)3)11-14-8-6-5-7-9-14/h4-9,13,15-16H,1,10-12H2,2-3H3,(H,19,20)(H,21,22). The van der Waals surface area contributed by atoms with E-state index in [1.54, 1.807) is 0 Å². The van der Waals surface area contributed by atoms with Crippen molar-refractivity contribution in [2.24, 2.45) is 11.8 Å². The van der Waals surface area contributed by atoms with Crippen LogP contribution in [0.5, 0.6) is 0 Å². The van der Waals surface area contributed by atoms with E-state index in [0.29, 0.717) is 6.42 Å². The third-order valence-corrected chi connectivity index (χ3v) is 3.57. The van der Waals surface area contributed by atoms with Gasteiger partial charge in [0.05, 0.1) is 13.2 Å². The first-order valence-corrected chi connectivity index (χ1v) is 7.71. The molecule has 1 aromatic carbocycles. The maximum atomic E-state index is 12.5. The number of carbonyl (C=O) groups excluding carboxylic acids is 1. The van der Waals surface area contributed by atoms with E-state index in [-0.39, 0.29) is 31.0 Å². The van der Waals surface area contributed by atoms with E-state index >= 15 is 0 Å². The van der Waals surface area contributed by atoms with E-state index in [4.69, 9.17) is 4.74 Å². The highest BCUT2D eigenvalue weighted by molar-refractivity contribution is 5.85. The molecule has 0 bridgehead atoms. The summed E-state index contributed by atoms with van der Waals surface area (Å²) in [7, 11) is 0. The van der Waals surface area contributed by atoms with Gasteiger partial charge in [0.2, 0.25) is 5.91 Å². The first-order chi connectivity index (χ1) is 11.0. The molecule has 0 saturated heterocycles. The van der Waals surface area contributed by atoms with Crippen LogP contribution in [0.4, 0.5) is 0 Å². The lowest BCUT2D eigenvalue weighted by atomic mass is 9.88. The highest BCUT2D eigenvalue weighted by Gasteiger charge is 2.27. The minimum atomic E-state index is -1.11. The second-order valence-corrected chi connectivity index (χ2v) is 5.77. The predicted molar refractivity (Wildman–Crippen MR) is 89.1 cm³/mol. The van der Waals surface area contributed by atoms with Crippen LogP contribution in [0, 0.1) is 11.8 Å². The summed E-state index contributed by atoms with van der Waals surface area (Å²) in [6.45, 7) is 7.58. The third kappa shape index (κ3) is 6.65. The van der Waals surface area contributed by atoms with Crippen molar-refractivity contribution in [3.05, 3.63) is 48.6 Å². The molecule has 2 N–H and O–H groups in total. The molecule has 23 heavy (non-hydrogen) atoms. The molecule has 0 fully saturated rings. The minimum absolute atomic E-state index is 0.0801. The van der Waals surface area contributed by atoms with Gasteiger partial charge < -0.3 is 15.2 Å². The van der Waals surface area contributed by atoms with E-state index in [2.05, 4.69) is 11.9 Å². The van der Waals surface area contributed by atoms with Gasteiger partial charge in [-0.25, -0.2) is 4.79 Å². The lowest BCUT2D eigenvalue weighted by Crippen LogP contribution is -2.47. The summed E-state index contributed by atoms with van der Waals surface area (Å²) in [5.74, 6) is -1.57. The van der Waals surface area contributed by atoms with Crippen LogP contribution in [0.15, 0.2) is 43.0 Å². The molecule has 0 heterocycles. The first-order valence-electron chi connectivity index (χ1n) is 7.71. The van der Waals surface area contributed by atoms with E-state index in [0.717, 1.165) is 5.56 Å². The van der Waals surface area contributed by atoms with Crippen molar-refractivity contribution in [1.29, 1.82) is 0 Å². The van der Waals surface area contributed by atoms with Crippen molar-refractivity contribution >= 4 is 11.9 Å². The van der Waals surface area contributed by atoms with Crippen LogP contribution >= 0.6 is 0 Å². The van der Waals surface area contributed by atoms with Crippen LogP contribution in [0.1, 0.15) is 19.4 Å². The number of hydrogen-bond donors (Lipinski definition) is 2. The molecule has 0 spiro atoms. The molecule has 2 atom stereocenters. The Bertz CT molecular complexity index is 513. The van der Waals surface area contributed by atoms with Gasteiger partial charge in [-0.1, -0.05) is 50.3 Å². The van der Waals surface area contributed by atoms with Gasteiger partial charge in [0.1, 0.15) is 0 Å². The van der Waals surface area contributed by atoms with Gasteiger partial charge in [0.25, 0.3) is 0 Å². The molecule has 1 amide bonds. The van der Waals surface area contributed by atoms with Crippen molar-refractivity contribution in [2.75, 3.05) is 13.2 Å². The molecule has 5 nitrogen and oxygen atoms in total. The normalized spacial score (nSPS) is 13.3. The summed E-state index contributed by atoms with van der Waals surface area (Å²) in [4.78, 5) is 23.7. The fraction of sp³-hybridized carbons (Fsp3) is 0.444. The van der Waals surface area contributed by atoms with Crippen molar-refractivity contribution in [2.45, 2.75) is 26.3 Å². The molecule has 0 saturated carbocycles. The quantitative estimate of drug-likeness (QED) is 0.512. The molecule has 0 aliphatic rings. The fourth-order valence-electron chi connectivity index (χ4n) is 2.22. The molecular formula is C18H25NO4. The number of amides is 1. The van der Waals surface area contributed by atoms with Crippen LogP contribution in [-0.4, -0.2) is 36.2 Å². The zero-order valence-electron chi connectivity index (χ0n) is 13.7. The molecule has 0 aliphatic carbocycles. The fourth-order valence-corrected chi connectivity index (χ4v) is 2.22. The average molecular weight is 319 g/mol. The van der Waals surface area contributed by atoms with Gasteiger partial charge >= 0.3 is 5.97 Å². The average Bonchev–Trinajstić information content (AvgIpc) is 2.52. The zero-order chi connectivity index (χ0) is 17.2. The maximum Gasteiger partial charge on any atom is 0.328 e. The van der Waals surface area contributed by atoms with Crippen LogP contribution in [-0.2, 0) is 20.7 Å². The highest BCUT2D eigenvalue weighted by Crippen LogP contribution is 2.18. The van der Waals surface area contributed by atoms with Gasteiger partial charge in [-0.3, -0.25) is 4.79 Å². The summed E-state index contributed by atoms with van der Waals surface area (Å²) in [5.41, 5.74) is 1.05. The Morgan fingerprint density at radius 3 is 2.48 bits per heavy atom. The molecule has 1 rings (SSSR count). The topological polar surface area (TPSA) is 75.6 Å². The Kier molecular flexibility index (Phi) is 8.05. The van der Waals surface area contributed by atoms with E-state index in [1.165, 1.54) is 6.08 Å². The molecule has 5 heteroatoms. The Labute approximate surface area is 137 Å². The Morgan fingerprint density at radius 1 is 1.30 bits per heavy atom. The second-order valence-electron chi connectivity index (χ2n) is 5.77. The summed E-state index contributed by atoms with van der Waals surface area (Å²) < 4.78 is 5.15. The smallest absolute Gasteiger partial charge is 0.328 e. The number of aliphatic carboxylic acids is 1. The largest absolute Gasteiger partial charge is 0.480 e.